The smallest absolute Gasteiger partial charge is 0.0267 e. The summed E-state index contributed by atoms with van der Waals surface area (Å²) in [5.74, 6) is 0. The fraction of sp³-hybridized carbons (Fsp3) is 1.00. The molecule has 0 aromatic heterocycles. The van der Waals surface area contributed by atoms with Crippen molar-refractivity contribution >= 4 is 0 Å². The molecule has 0 fully saturated rings. The van der Waals surface area contributed by atoms with Crippen LogP contribution in [0.1, 0.15) is 110 Å². The van der Waals surface area contributed by atoms with E-state index in [4.69, 9.17) is 0 Å². The van der Waals surface area contributed by atoms with Crippen molar-refractivity contribution in [3.8, 4) is 0 Å². The van der Waals surface area contributed by atoms with Crippen LogP contribution < -0.4 is 0 Å². The molecule has 0 nitrogen and oxygen atoms in total. The summed E-state index contributed by atoms with van der Waals surface area (Å²) < 4.78 is 0. The van der Waals surface area contributed by atoms with E-state index in [1.54, 1.807) is 0 Å². The van der Waals surface area contributed by atoms with Gasteiger partial charge in [0.1, 0.15) is 0 Å². The highest BCUT2D eigenvalue weighted by atomic mass is 14.5. The maximum Gasteiger partial charge on any atom is -0.0267 e. The van der Waals surface area contributed by atoms with Gasteiger partial charge in [-0.05, 0) is 45.3 Å². The largest absolute Gasteiger partial charge is 0.0597 e. The maximum atomic E-state index is 2.54. The summed E-state index contributed by atoms with van der Waals surface area (Å²) in [4.78, 5) is 0. The van der Waals surface area contributed by atoms with Crippen molar-refractivity contribution in [2.75, 3.05) is 0 Å². The molecule has 0 amide bonds. The first kappa shape index (κ1) is 22.0. The van der Waals surface area contributed by atoms with Crippen LogP contribution in [0.15, 0.2) is 0 Å². The fourth-order valence-corrected chi connectivity index (χ4v) is 3.07. The third-order valence-corrected chi connectivity index (χ3v) is 7.54. The van der Waals surface area contributed by atoms with Gasteiger partial charge in [0.15, 0.2) is 0 Å². The standard InChI is InChI=1S/C22H46/c1-17(2,3)20(10,11)15-22(14,19(7,8)9)16-21(12,13)18(4,5)6/h15-16H2,1-14H3. The molecule has 0 heteroatoms. The van der Waals surface area contributed by atoms with Crippen LogP contribution in [0.5, 0.6) is 0 Å². The van der Waals surface area contributed by atoms with Crippen LogP contribution >= 0.6 is 0 Å². The van der Waals surface area contributed by atoms with Crippen molar-refractivity contribution in [1.29, 1.82) is 0 Å². The normalized spacial score (nSPS) is 16.1. The van der Waals surface area contributed by atoms with Gasteiger partial charge in [-0.2, -0.15) is 0 Å². The average Bonchev–Trinajstić information content (AvgIpc) is 2.08. The van der Waals surface area contributed by atoms with E-state index in [1.165, 1.54) is 12.8 Å². The van der Waals surface area contributed by atoms with Gasteiger partial charge in [-0.25, -0.2) is 0 Å². The molecular formula is C22H46. The average molecular weight is 311 g/mol. The van der Waals surface area contributed by atoms with E-state index in [9.17, 15) is 0 Å². The van der Waals surface area contributed by atoms with Gasteiger partial charge in [0.2, 0.25) is 0 Å². The van der Waals surface area contributed by atoms with E-state index in [2.05, 4.69) is 96.9 Å². The van der Waals surface area contributed by atoms with E-state index < -0.39 is 0 Å². The molecule has 0 rings (SSSR count). The van der Waals surface area contributed by atoms with Crippen molar-refractivity contribution in [1.82, 2.24) is 0 Å². The molecule has 0 spiro atoms. The molecule has 0 N–H and O–H groups in total. The van der Waals surface area contributed by atoms with Crippen LogP contribution in [0.25, 0.3) is 0 Å². The molecular weight excluding hydrogens is 264 g/mol. The van der Waals surface area contributed by atoms with Crippen LogP contribution in [-0.2, 0) is 0 Å². The maximum absolute atomic E-state index is 2.54. The van der Waals surface area contributed by atoms with Gasteiger partial charge in [0, 0.05) is 0 Å². The molecule has 0 atom stereocenters. The van der Waals surface area contributed by atoms with Gasteiger partial charge in [0.05, 0.1) is 0 Å². The lowest BCUT2D eigenvalue weighted by Gasteiger charge is -2.55. The third-order valence-electron chi connectivity index (χ3n) is 7.54. The van der Waals surface area contributed by atoms with Crippen molar-refractivity contribution in [3.05, 3.63) is 0 Å². The van der Waals surface area contributed by atoms with Gasteiger partial charge < -0.3 is 0 Å². The van der Waals surface area contributed by atoms with E-state index in [0.717, 1.165) is 0 Å². The summed E-state index contributed by atoms with van der Waals surface area (Å²) >= 11 is 0. The molecule has 0 saturated heterocycles. The molecule has 0 heterocycles. The Bertz CT molecular complexity index is 332. The van der Waals surface area contributed by atoms with Gasteiger partial charge in [-0.3, -0.25) is 0 Å². The molecule has 0 aliphatic rings. The Morgan fingerprint density at radius 2 is 0.591 bits per heavy atom. The predicted octanol–water partition coefficient (Wildman–Crippen LogP) is 7.96. The van der Waals surface area contributed by atoms with Crippen molar-refractivity contribution in [2.24, 2.45) is 32.5 Å². The zero-order valence-corrected chi connectivity index (χ0v) is 18.4. The Hall–Kier alpha value is 0. The summed E-state index contributed by atoms with van der Waals surface area (Å²) in [7, 11) is 0. The zero-order valence-electron chi connectivity index (χ0n) is 18.4. The van der Waals surface area contributed by atoms with Gasteiger partial charge in [-0.1, -0.05) is 96.9 Å². The highest BCUT2D eigenvalue weighted by Gasteiger charge is 2.49. The molecule has 134 valence electrons. The first-order valence-electron chi connectivity index (χ1n) is 9.16. The third kappa shape index (κ3) is 4.75. The number of rotatable bonds is 4. The molecule has 0 bridgehead atoms. The summed E-state index contributed by atoms with van der Waals surface area (Å²) in [6, 6.07) is 0. The lowest BCUT2D eigenvalue weighted by molar-refractivity contribution is -0.0527. The zero-order chi connectivity index (χ0) is 18.4. The Balaban J connectivity index is 5.76. The number of hydrogen-bond acceptors (Lipinski definition) is 0. The predicted molar refractivity (Wildman–Crippen MR) is 103 cm³/mol. The number of hydrogen-bond donors (Lipinski definition) is 0. The SMILES string of the molecule is CC(C)(C)C(C)(C)CC(C)(CC(C)(C)C(C)(C)C)C(C)(C)C. The second-order valence-corrected chi connectivity index (χ2v) is 12.4. The first-order chi connectivity index (χ1) is 9.16. The minimum Gasteiger partial charge on any atom is -0.0597 e. The summed E-state index contributed by atoms with van der Waals surface area (Å²) in [6.07, 6.45) is 2.54. The van der Waals surface area contributed by atoms with E-state index in [0.29, 0.717) is 32.5 Å². The van der Waals surface area contributed by atoms with Crippen molar-refractivity contribution in [2.45, 2.75) is 110 Å². The first-order valence-corrected chi connectivity index (χ1v) is 9.16. The van der Waals surface area contributed by atoms with E-state index in [-0.39, 0.29) is 0 Å². The van der Waals surface area contributed by atoms with Crippen molar-refractivity contribution in [3.63, 3.8) is 0 Å². The quantitative estimate of drug-likeness (QED) is 0.494. The lowest BCUT2D eigenvalue weighted by Crippen LogP contribution is -2.46. The minimum absolute atomic E-state index is 0.304. The Kier molecular flexibility index (Phi) is 5.82. The van der Waals surface area contributed by atoms with Crippen LogP contribution in [0.4, 0.5) is 0 Å². The molecule has 0 aromatic rings. The summed E-state index contributed by atoms with van der Waals surface area (Å²) in [5, 5.41) is 0. The Morgan fingerprint density at radius 1 is 0.364 bits per heavy atom. The molecule has 0 aliphatic carbocycles. The molecule has 0 radical (unpaired) electrons. The van der Waals surface area contributed by atoms with Crippen LogP contribution in [0.2, 0.25) is 0 Å². The van der Waals surface area contributed by atoms with Crippen molar-refractivity contribution < 1.29 is 0 Å². The van der Waals surface area contributed by atoms with Crippen LogP contribution in [-0.4, -0.2) is 0 Å². The highest BCUT2D eigenvalue weighted by Crippen LogP contribution is 2.58. The lowest BCUT2D eigenvalue weighted by atomic mass is 9.50. The van der Waals surface area contributed by atoms with Gasteiger partial charge >= 0.3 is 0 Å². The fourth-order valence-electron chi connectivity index (χ4n) is 3.07. The highest BCUT2D eigenvalue weighted by molar-refractivity contribution is 4.99. The Morgan fingerprint density at radius 3 is 0.727 bits per heavy atom. The Labute approximate surface area is 142 Å². The summed E-state index contributed by atoms with van der Waals surface area (Å²) in [6.45, 7) is 34.0. The molecule has 22 heavy (non-hydrogen) atoms. The van der Waals surface area contributed by atoms with E-state index in [1.807, 2.05) is 0 Å². The monoisotopic (exact) mass is 310 g/mol. The molecule has 0 aromatic carbocycles. The second-order valence-electron chi connectivity index (χ2n) is 12.4. The van der Waals surface area contributed by atoms with Crippen LogP contribution in [0, 0.1) is 32.5 Å². The molecule has 0 aliphatic heterocycles. The van der Waals surface area contributed by atoms with E-state index >= 15 is 0 Å². The summed E-state index contributed by atoms with van der Waals surface area (Å²) in [5.41, 5.74) is 1.92. The molecule has 0 saturated carbocycles. The topological polar surface area (TPSA) is 0 Å². The van der Waals surface area contributed by atoms with Crippen LogP contribution in [0.3, 0.4) is 0 Å². The molecule has 0 unspecified atom stereocenters. The minimum atomic E-state index is 0.304. The van der Waals surface area contributed by atoms with Gasteiger partial charge in [-0.15, -0.1) is 0 Å². The second kappa shape index (κ2) is 5.82. The van der Waals surface area contributed by atoms with Gasteiger partial charge in [0.25, 0.3) is 0 Å².